The predicted molar refractivity (Wildman–Crippen MR) is 133 cm³/mol. The molecule has 0 radical (unpaired) electrons. The largest absolute Gasteiger partial charge is 0.493 e. The van der Waals surface area contributed by atoms with Gasteiger partial charge in [-0.15, -0.1) is 0 Å². The Hall–Kier alpha value is -3.63. The van der Waals surface area contributed by atoms with Crippen molar-refractivity contribution in [3.63, 3.8) is 0 Å². The van der Waals surface area contributed by atoms with Gasteiger partial charge in [0.1, 0.15) is 5.75 Å². The van der Waals surface area contributed by atoms with Gasteiger partial charge in [-0.2, -0.15) is 5.26 Å². The molecule has 0 heterocycles. The number of rotatable bonds is 8. The molecule has 2 N–H and O–H groups in total. The van der Waals surface area contributed by atoms with Gasteiger partial charge in [0.05, 0.1) is 23.9 Å². The molecule has 3 aromatic rings. The van der Waals surface area contributed by atoms with E-state index in [1.807, 2.05) is 6.07 Å². The number of amides is 2. The summed E-state index contributed by atoms with van der Waals surface area (Å²) in [6.45, 7) is 4.89. The highest BCUT2D eigenvalue weighted by Gasteiger charge is 2.11. The molecule has 0 aliphatic heterocycles. The van der Waals surface area contributed by atoms with Crippen molar-refractivity contribution in [3.05, 3.63) is 87.9 Å². The Bertz CT molecular complexity index is 1170. The lowest BCUT2D eigenvalue weighted by Gasteiger charge is -2.12. The number of nitrogens with zero attached hydrogens (tertiary/aromatic N) is 1. The summed E-state index contributed by atoms with van der Waals surface area (Å²) in [4.78, 5) is 25.0. The molecule has 0 aliphatic carbocycles. The topological polar surface area (TPSA) is 91.2 Å². The first kappa shape index (κ1) is 24.0. The van der Waals surface area contributed by atoms with E-state index in [-0.39, 0.29) is 11.8 Å². The van der Waals surface area contributed by atoms with E-state index in [0.29, 0.717) is 45.1 Å². The summed E-state index contributed by atoms with van der Waals surface area (Å²) in [5.41, 5.74) is 2.58. The van der Waals surface area contributed by atoms with E-state index >= 15 is 0 Å². The zero-order valence-corrected chi connectivity index (χ0v) is 20.0. The second kappa shape index (κ2) is 11.3. The van der Waals surface area contributed by atoms with Crippen molar-refractivity contribution in [1.82, 2.24) is 0 Å². The number of anilines is 2. The molecule has 0 fully saturated rings. The van der Waals surface area contributed by atoms with Crippen LogP contribution in [0, 0.1) is 17.2 Å². The first-order valence-electron chi connectivity index (χ1n) is 10.5. The number of nitrogens with one attached hydrogen (secondary N) is 2. The van der Waals surface area contributed by atoms with Crippen molar-refractivity contribution in [2.24, 2.45) is 5.92 Å². The lowest BCUT2D eigenvalue weighted by Crippen LogP contribution is -2.14. The summed E-state index contributed by atoms with van der Waals surface area (Å²) in [6, 6.07) is 20.5. The number of benzene rings is 3. The molecule has 1 atom stereocenters. The van der Waals surface area contributed by atoms with Crippen LogP contribution in [0.3, 0.4) is 0 Å². The maximum atomic E-state index is 12.6. The fourth-order valence-electron chi connectivity index (χ4n) is 2.85. The van der Waals surface area contributed by atoms with Crippen LogP contribution in [0.4, 0.5) is 11.4 Å². The average Bonchev–Trinajstić information content (AvgIpc) is 2.84. The Morgan fingerprint density at radius 2 is 1.58 bits per heavy atom. The predicted octanol–water partition coefficient (Wildman–Crippen LogP) is 6.25. The van der Waals surface area contributed by atoms with Crippen molar-refractivity contribution in [3.8, 4) is 11.8 Å². The zero-order chi connectivity index (χ0) is 23.8. The molecule has 6 nitrogen and oxygen atoms in total. The van der Waals surface area contributed by atoms with Crippen LogP contribution < -0.4 is 15.4 Å². The second-order valence-electron chi connectivity index (χ2n) is 7.64. The summed E-state index contributed by atoms with van der Waals surface area (Å²) in [5.74, 6) is 0.664. The molecule has 7 heteroatoms. The van der Waals surface area contributed by atoms with E-state index in [2.05, 4.69) is 40.4 Å². The van der Waals surface area contributed by atoms with Gasteiger partial charge >= 0.3 is 0 Å². The summed E-state index contributed by atoms with van der Waals surface area (Å²) in [7, 11) is 0. The molecule has 2 amide bonds. The Balaban J connectivity index is 1.60. The molecule has 0 unspecified atom stereocenters. The standard InChI is InChI=1S/C26H24BrN3O3/c1-3-17(2)16-33-22-11-8-20(9-12-22)25(31)29-21-10-13-24(23(27)14-21)30-26(32)19-6-4-18(15-28)5-7-19/h4-14,17H,3,16H2,1-2H3,(H,29,31)(H,30,32)/t17-/m0/s1. The number of hydrogen-bond acceptors (Lipinski definition) is 4. The van der Waals surface area contributed by atoms with Crippen LogP contribution in [0.25, 0.3) is 0 Å². The fraction of sp³-hybridized carbons (Fsp3) is 0.192. The van der Waals surface area contributed by atoms with E-state index in [1.165, 1.54) is 0 Å². The summed E-state index contributed by atoms with van der Waals surface area (Å²) in [5, 5.41) is 14.5. The number of nitriles is 1. The summed E-state index contributed by atoms with van der Waals surface area (Å²) < 4.78 is 6.35. The monoisotopic (exact) mass is 505 g/mol. The van der Waals surface area contributed by atoms with Crippen molar-refractivity contribution < 1.29 is 14.3 Å². The molecule has 3 rings (SSSR count). The SMILES string of the molecule is CC[C@H](C)COc1ccc(C(=O)Nc2ccc(NC(=O)c3ccc(C#N)cc3)c(Br)c2)cc1. The molecule has 0 spiro atoms. The van der Waals surface area contributed by atoms with Crippen LogP contribution in [0.2, 0.25) is 0 Å². The van der Waals surface area contributed by atoms with Crippen LogP contribution in [0.5, 0.6) is 5.75 Å². The quantitative estimate of drug-likeness (QED) is 0.378. The number of carbonyl (C=O) groups is 2. The minimum Gasteiger partial charge on any atom is -0.493 e. The van der Waals surface area contributed by atoms with Gasteiger partial charge in [0.25, 0.3) is 11.8 Å². The summed E-state index contributed by atoms with van der Waals surface area (Å²) >= 11 is 3.44. The van der Waals surface area contributed by atoms with Crippen LogP contribution in [-0.4, -0.2) is 18.4 Å². The van der Waals surface area contributed by atoms with Gasteiger partial charge in [-0.1, -0.05) is 20.3 Å². The highest BCUT2D eigenvalue weighted by Crippen LogP contribution is 2.27. The molecule has 0 aliphatic rings. The normalized spacial score (nSPS) is 11.2. The Labute approximate surface area is 201 Å². The van der Waals surface area contributed by atoms with E-state index in [9.17, 15) is 9.59 Å². The molecule has 0 aromatic heterocycles. The molecule has 0 bridgehead atoms. The zero-order valence-electron chi connectivity index (χ0n) is 18.4. The molecular formula is C26H24BrN3O3. The molecule has 3 aromatic carbocycles. The van der Waals surface area contributed by atoms with Crippen LogP contribution >= 0.6 is 15.9 Å². The summed E-state index contributed by atoms with van der Waals surface area (Å²) in [6.07, 6.45) is 1.05. The van der Waals surface area contributed by atoms with Crippen molar-refractivity contribution in [2.75, 3.05) is 17.2 Å². The maximum absolute atomic E-state index is 12.6. The smallest absolute Gasteiger partial charge is 0.255 e. The maximum Gasteiger partial charge on any atom is 0.255 e. The van der Waals surface area contributed by atoms with Gasteiger partial charge < -0.3 is 15.4 Å². The minimum absolute atomic E-state index is 0.246. The molecule has 0 saturated heterocycles. The molecule has 168 valence electrons. The highest BCUT2D eigenvalue weighted by atomic mass is 79.9. The van der Waals surface area contributed by atoms with Crippen LogP contribution in [-0.2, 0) is 0 Å². The number of hydrogen-bond donors (Lipinski definition) is 2. The third-order valence-corrected chi connectivity index (χ3v) is 5.76. The first-order chi connectivity index (χ1) is 15.9. The van der Waals surface area contributed by atoms with Gasteiger partial charge in [-0.25, -0.2) is 0 Å². The van der Waals surface area contributed by atoms with E-state index in [1.54, 1.807) is 66.7 Å². The first-order valence-corrected chi connectivity index (χ1v) is 11.3. The van der Waals surface area contributed by atoms with E-state index < -0.39 is 0 Å². The second-order valence-corrected chi connectivity index (χ2v) is 8.50. The lowest BCUT2D eigenvalue weighted by atomic mass is 10.1. The fourth-order valence-corrected chi connectivity index (χ4v) is 3.32. The number of carbonyl (C=O) groups excluding carboxylic acids is 2. The molecular weight excluding hydrogens is 482 g/mol. The molecule has 0 saturated carbocycles. The van der Waals surface area contributed by atoms with Gasteiger partial charge in [-0.3, -0.25) is 9.59 Å². The number of halogens is 1. The third-order valence-electron chi connectivity index (χ3n) is 5.10. The van der Waals surface area contributed by atoms with Crippen molar-refractivity contribution in [2.45, 2.75) is 20.3 Å². The Kier molecular flexibility index (Phi) is 8.22. The Morgan fingerprint density at radius 1 is 0.970 bits per heavy atom. The van der Waals surface area contributed by atoms with Crippen LogP contribution in [0.15, 0.2) is 71.2 Å². The average molecular weight is 506 g/mol. The third kappa shape index (κ3) is 6.67. The van der Waals surface area contributed by atoms with Crippen molar-refractivity contribution in [1.29, 1.82) is 5.26 Å². The van der Waals surface area contributed by atoms with Gasteiger partial charge in [0.2, 0.25) is 0 Å². The van der Waals surface area contributed by atoms with Gasteiger partial charge in [0, 0.05) is 21.3 Å². The Morgan fingerprint density at radius 3 is 2.15 bits per heavy atom. The minimum atomic E-state index is -0.299. The van der Waals surface area contributed by atoms with Crippen molar-refractivity contribution >= 4 is 39.1 Å². The van der Waals surface area contributed by atoms with E-state index in [0.717, 1.165) is 12.2 Å². The van der Waals surface area contributed by atoms with Gasteiger partial charge in [-0.05, 0) is 88.6 Å². The van der Waals surface area contributed by atoms with Crippen LogP contribution in [0.1, 0.15) is 46.5 Å². The molecule has 33 heavy (non-hydrogen) atoms. The lowest BCUT2D eigenvalue weighted by molar-refractivity contribution is 0.101. The number of ether oxygens (including phenoxy) is 1. The highest BCUT2D eigenvalue weighted by molar-refractivity contribution is 9.10. The van der Waals surface area contributed by atoms with E-state index in [4.69, 9.17) is 10.00 Å². The van der Waals surface area contributed by atoms with Gasteiger partial charge in [0.15, 0.2) is 0 Å².